The quantitative estimate of drug-likeness (QED) is 0.466. The molecule has 0 aliphatic carbocycles. The number of hydrogen-bond acceptors (Lipinski definition) is 5. The largest absolute Gasteiger partial charge is 0.379 e. The average molecular weight is 387 g/mol. The summed E-state index contributed by atoms with van der Waals surface area (Å²) in [5.74, 6) is 3.87. The molecule has 2 saturated heterocycles. The van der Waals surface area contributed by atoms with Crippen LogP contribution in [0.15, 0.2) is 4.99 Å². The lowest BCUT2D eigenvalue weighted by Gasteiger charge is -2.43. The molecule has 2 aliphatic heterocycles. The number of nitrogens with one attached hydrogen (secondary N) is 2. The normalized spacial score (nSPS) is 26.3. The minimum absolute atomic E-state index is 0.234. The van der Waals surface area contributed by atoms with E-state index in [4.69, 9.17) is 9.47 Å². The second kappa shape index (κ2) is 11.4. The maximum Gasteiger partial charge on any atom is 0.191 e. The third-order valence-corrected chi connectivity index (χ3v) is 6.65. The number of nitrogens with zero attached hydrogens (tertiary/aromatic N) is 2. The molecule has 2 fully saturated rings. The van der Waals surface area contributed by atoms with E-state index in [1.807, 2.05) is 7.05 Å². The summed E-state index contributed by atoms with van der Waals surface area (Å²) in [6.07, 6.45) is 2.54. The molecule has 7 heteroatoms. The number of aliphatic imine (C=N–C) groups is 1. The molecule has 0 aromatic heterocycles. The van der Waals surface area contributed by atoms with Crippen LogP contribution < -0.4 is 10.6 Å². The fourth-order valence-corrected chi connectivity index (χ4v) is 5.24. The Morgan fingerprint density at radius 3 is 2.65 bits per heavy atom. The molecular formula is C19H38N4O2S. The molecule has 0 saturated carbocycles. The van der Waals surface area contributed by atoms with E-state index in [9.17, 15) is 0 Å². The molecule has 0 bridgehead atoms. The topological polar surface area (TPSA) is 58.1 Å². The highest BCUT2D eigenvalue weighted by Crippen LogP contribution is 2.33. The molecule has 0 amide bonds. The Hall–Kier alpha value is -0.500. The van der Waals surface area contributed by atoms with Crippen molar-refractivity contribution in [2.45, 2.75) is 45.3 Å². The van der Waals surface area contributed by atoms with E-state index < -0.39 is 0 Å². The molecule has 26 heavy (non-hydrogen) atoms. The summed E-state index contributed by atoms with van der Waals surface area (Å²) >= 11 is 2.07. The van der Waals surface area contributed by atoms with E-state index in [1.165, 1.54) is 17.9 Å². The highest BCUT2D eigenvalue weighted by molar-refractivity contribution is 7.99. The van der Waals surface area contributed by atoms with Crippen LogP contribution in [0.3, 0.4) is 0 Å². The Labute approximate surface area is 163 Å². The van der Waals surface area contributed by atoms with Crippen molar-refractivity contribution in [2.75, 3.05) is 64.6 Å². The van der Waals surface area contributed by atoms with Crippen molar-refractivity contribution in [3.63, 3.8) is 0 Å². The second-order valence-electron chi connectivity index (χ2n) is 7.51. The molecule has 2 atom stereocenters. The average Bonchev–Trinajstić information content (AvgIpc) is 3.14. The molecule has 2 N–H and O–H groups in total. The van der Waals surface area contributed by atoms with Crippen molar-refractivity contribution in [3.8, 4) is 0 Å². The lowest BCUT2D eigenvalue weighted by molar-refractivity contribution is -0.0120. The molecule has 2 aliphatic rings. The third-order valence-electron chi connectivity index (χ3n) is 5.42. The summed E-state index contributed by atoms with van der Waals surface area (Å²) in [7, 11) is 1.85. The number of hydrogen-bond donors (Lipinski definition) is 2. The minimum atomic E-state index is 0.234. The molecule has 0 aromatic carbocycles. The van der Waals surface area contributed by atoms with Crippen LogP contribution in [-0.4, -0.2) is 87.1 Å². The Kier molecular flexibility index (Phi) is 9.53. The number of guanidine groups is 1. The first-order valence-electron chi connectivity index (χ1n) is 10.1. The molecular weight excluding hydrogens is 348 g/mol. The van der Waals surface area contributed by atoms with E-state index >= 15 is 0 Å². The lowest BCUT2D eigenvalue weighted by Crippen LogP contribution is -2.60. The summed E-state index contributed by atoms with van der Waals surface area (Å²) in [5, 5.41) is 7.05. The van der Waals surface area contributed by atoms with Crippen molar-refractivity contribution in [3.05, 3.63) is 0 Å². The Balaban J connectivity index is 1.81. The Bertz CT molecular complexity index is 422. The van der Waals surface area contributed by atoms with Gasteiger partial charge in [0.1, 0.15) is 0 Å². The van der Waals surface area contributed by atoms with Gasteiger partial charge in [0.2, 0.25) is 0 Å². The van der Waals surface area contributed by atoms with Gasteiger partial charge >= 0.3 is 0 Å². The summed E-state index contributed by atoms with van der Waals surface area (Å²) in [6.45, 7) is 12.9. The van der Waals surface area contributed by atoms with Gasteiger partial charge in [-0.25, -0.2) is 0 Å². The van der Waals surface area contributed by atoms with Crippen LogP contribution in [0, 0.1) is 5.92 Å². The number of morpholine rings is 1. The zero-order valence-electron chi connectivity index (χ0n) is 17.1. The van der Waals surface area contributed by atoms with E-state index in [1.54, 1.807) is 0 Å². The zero-order valence-corrected chi connectivity index (χ0v) is 17.9. The molecule has 2 unspecified atom stereocenters. The van der Waals surface area contributed by atoms with Crippen LogP contribution in [0.4, 0.5) is 0 Å². The third kappa shape index (κ3) is 6.29. The van der Waals surface area contributed by atoms with Gasteiger partial charge in [0.15, 0.2) is 5.96 Å². The number of ether oxygens (including phenoxy) is 2. The Morgan fingerprint density at radius 1 is 1.31 bits per heavy atom. The van der Waals surface area contributed by atoms with Gasteiger partial charge in [-0.2, -0.15) is 11.8 Å². The lowest BCUT2D eigenvalue weighted by atomic mass is 9.95. The zero-order chi connectivity index (χ0) is 18.8. The van der Waals surface area contributed by atoms with Crippen molar-refractivity contribution < 1.29 is 9.47 Å². The summed E-state index contributed by atoms with van der Waals surface area (Å²) in [4.78, 5) is 7.04. The van der Waals surface area contributed by atoms with Gasteiger partial charge in [-0.15, -0.1) is 0 Å². The molecule has 2 rings (SSSR count). The molecule has 6 nitrogen and oxygen atoms in total. The van der Waals surface area contributed by atoms with Gasteiger partial charge in [-0.1, -0.05) is 13.8 Å². The summed E-state index contributed by atoms with van der Waals surface area (Å²) < 4.78 is 11.4. The van der Waals surface area contributed by atoms with Crippen molar-refractivity contribution in [2.24, 2.45) is 10.9 Å². The van der Waals surface area contributed by atoms with Crippen LogP contribution in [0.5, 0.6) is 0 Å². The van der Waals surface area contributed by atoms with Gasteiger partial charge in [-0.05, 0) is 31.4 Å². The first kappa shape index (κ1) is 21.8. The van der Waals surface area contributed by atoms with Crippen LogP contribution >= 0.6 is 11.8 Å². The number of thioether (sulfide) groups is 1. The predicted octanol–water partition coefficient (Wildman–Crippen LogP) is 1.81. The standard InChI is InChI=1S/C19H38N4O2S/c1-5-25-17(16(2)3)6-8-21-18(20-4)22-14-19(7-13-26-15-19)23-9-11-24-12-10-23/h16-17H,5-15H2,1-4H3,(H2,20,21,22). The van der Waals surface area contributed by atoms with Crippen LogP contribution in [0.2, 0.25) is 0 Å². The SMILES string of the molecule is CCOC(CCNC(=NC)NCC1(N2CCOCC2)CCSC1)C(C)C. The molecule has 0 aromatic rings. The highest BCUT2D eigenvalue weighted by atomic mass is 32.2. The molecule has 0 radical (unpaired) electrons. The van der Waals surface area contributed by atoms with E-state index in [0.29, 0.717) is 12.0 Å². The second-order valence-corrected chi connectivity index (χ2v) is 8.61. The van der Waals surface area contributed by atoms with E-state index in [0.717, 1.165) is 58.4 Å². The molecule has 0 spiro atoms. The van der Waals surface area contributed by atoms with Gasteiger partial charge in [-0.3, -0.25) is 9.89 Å². The van der Waals surface area contributed by atoms with Gasteiger partial charge in [0.05, 0.1) is 19.3 Å². The minimum Gasteiger partial charge on any atom is -0.379 e. The first-order chi connectivity index (χ1) is 12.6. The molecule has 2 heterocycles. The monoisotopic (exact) mass is 386 g/mol. The molecule has 152 valence electrons. The van der Waals surface area contributed by atoms with Gasteiger partial charge in [0.25, 0.3) is 0 Å². The summed E-state index contributed by atoms with van der Waals surface area (Å²) in [5.41, 5.74) is 0.234. The fourth-order valence-electron chi connectivity index (χ4n) is 3.76. The summed E-state index contributed by atoms with van der Waals surface area (Å²) in [6, 6.07) is 0. The smallest absolute Gasteiger partial charge is 0.191 e. The fraction of sp³-hybridized carbons (Fsp3) is 0.947. The van der Waals surface area contributed by atoms with Crippen molar-refractivity contribution >= 4 is 17.7 Å². The van der Waals surface area contributed by atoms with E-state index in [2.05, 4.69) is 53.1 Å². The predicted molar refractivity (Wildman–Crippen MR) is 111 cm³/mol. The van der Waals surface area contributed by atoms with Crippen LogP contribution in [-0.2, 0) is 9.47 Å². The van der Waals surface area contributed by atoms with Crippen LogP contribution in [0.25, 0.3) is 0 Å². The van der Waals surface area contributed by atoms with Crippen LogP contribution in [0.1, 0.15) is 33.6 Å². The Morgan fingerprint density at radius 2 is 2.08 bits per heavy atom. The van der Waals surface area contributed by atoms with E-state index in [-0.39, 0.29) is 5.54 Å². The maximum atomic E-state index is 5.83. The van der Waals surface area contributed by atoms with Crippen molar-refractivity contribution in [1.82, 2.24) is 15.5 Å². The first-order valence-corrected chi connectivity index (χ1v) is 11.2. The number of rotatable bonds is 9. The van der Waals surface area contributed by atoms with Crippen molar-refractivity contribution in [1.29, 1.82) is 0 Å². The highest BCUT2D eigenvalue weighted by Gasteiger charge is 2.40. The van der Waals surface area contributed by atoms with Gasteiger partial charge < -0.3 is 20.1 Å². The maximum absolute atomic E-state index is 5.83. The van der Waals surface area contributed by atoms with Gasteiger partial charge in [0, 0.05) is 51.1 Å².